The molecular weight excluding hydrogens is 280 g/mol. The molecule has 0 aromatic carbocycles. The van der Waals surface area contributed by atoms with Gasteiger partial charge in [-0.15, -0.1) is 0 Å². The van der Waals surface area contributed by atoms with Crippen LogP contribution in [0.3, 0.4) is 0 Å². The van der Waals surface area contributed by atoms with Crippen molar-refractivity contribution in [3.05, 3.63) is 47.0 Å². The fraction of sp³-hybridized carbons (Fsp3) is 0.267. The van der Waals surface area contributed by atoms with Crippen LogP contribution < -0.4 is 15.5 Å². The molecule has 112 valence electrons. The predicted molar refractivity (Wildman–Crippen MR) is 85.4 cm³/mol. The second kappa shape index (κ2) is 5.18. The van der Waals surface area contributed by atoms with Gasteiger partial charge in [-0.05, 0) is 24.3 Å². The number of hydrogen-bond donors (Lipinski definition) is 2. The largest absolute Gasteiger partial charge is 0.353 e. The molecule has 0 aliphatic carbocycles. The molecule has 3 aromatic rings. The first-order valence-electron chi connectivity index (χ1n) is 7.29. The second-order valence-corrected chi connectivity index (χ2v) is 5.31. The summed E-state index contributed by atoms with van der Waals surface area (Å²) in [6.07, 6.45) is 1.82. The van der Waals surface area contributed by atoms with E-state index in [1.165, 1.54) is 0 Å². The van der Waals surface area contributed by atoms with E-state index in [4.69, 9.17) is 0 Å². The first-order chi connectivity index (χ1) is 10.8. The molecule has 1 aliphatic rings. The van der Waals surface area contributed by atoms with E-state index in [1.54, 1.807) is 0 Å². The molecular formula is C15H16N6O. The van der Waals surface area contributed by atoms with Gasteiger partial charge in [-0.2, -0.15) is 0 Å². The normalized spacial score (nSPS) is 15.5. The van der Waals surface area contributed by atoms with E-state index in [0.717, 1.165) is 43.3 Å². The summed E-state index contributed by atoms with van der Waals surface area (Å²) in [7, 11) is 0. The van der Waals surface area contributed by atoms with E-state index >= 15 is 0 Å². The Morgan fingerprint density at radius 1 is 0.909 bits per heavy atom. The third kappa shape index (κ3) is 2.30. The summed E-state index contributed by atoms with van der Waals surface area (Å²) in [5.74, 6) is 1.91. The van der Waals surface area contributed by atoms with Crippen molar-refractivity contribution in [2.45, 2.75) is 0 Å². The maximum Gasteiger partial charge on any atom is 0.325 e. The number of rotatable bonds is 2. The van der Waals surface area contributed by atoms with Gasteiger partial charge in [0, 0.05) is 32.4 Å². The van der Waals surface area contributed by atoms with Crippen molar-refractivity contribution in [1.82, 2.24) is 19.9 Å². The lowest BCUT2D eigenvalue weighted by atomic mass is 10.3. The summed E-state index contributed by atoms with van der Waals surface area (Å²) in [5.41, 5.74) is 1.12. The van der Waals surface area contributed by atoms with Gasteiger partial charge in [-0.3, -0.25) is 4.98 Å². The molecule has 4 heterocycles. The molecule has 4 rings (SSSR count). The number of aromatic nitrogens is 4. The van der Waals surface area contributed by atoms with Gasteiger partial charge < -0.3 is 14.8 Å². The molecule has 0 radical (unpaired) electrons. The highest BCUT2D eigenvalue weighted by atomic mass is 16.1. The molecule has 22 heavy (non-hydrogen) atoms. The Morgan fingerprint density at radius 2 is 1.68 bits per heavy atom. The van der Waals surface area contributed by atoms with Crippen LogP contribution in [0.1, 0.15) is 0 Å². The molecule has 1 aliphatic heterocycles. The lowest BCUT2D eigenvalue weighted by Crippen LogP contribution is -2.47. The Kier molecular flexibility index (Phi) is 3.03. The highest BCUT2D eigenvalue weighted by molar-refractivity contribution is 5.72. The van der Waals surface area contributed by atoms with Gasteiger partial charge in [-0.1, -0.05) is 6.07 Å². The first kappa shape index (κ1) is 12.9. The Balaban J connectivity index is 1.51. The van der Waals surface area contributed by atoms with Crippen molar-refractivity contribution < 1.29 is 0 Å². The predicted octanol–water partition coefficient (Wildman–Crippen LogP) is 0.973. The molecule has 1 saturated heterocycles. The average Bonchev–Trinajstić information content (AvgIpc) is 2.95. The number of H-pyrrole nitrogens is 2. The SMILES string of the molecule is O=c1[nH]c2ccc(N3CCN(c4ccccn4)CC3)nc2[nH]1. The number of pyridine rings is 2. The highest BCUT2D eigenvalue weighted by Gasteiger charge is 2.19. The molecule has 0 amide bonds. The molecule has 2 N–H and O–H groups in total. The Morgan fingerprint density at radius 3 is 2.41 bits per heavy atom. The van der Waals surface area contributed by atoms with E-state index < -0.39 is 0 Å². The zero-order valence-electron chi connectivity index (χ0n) is 12.0. The first-order valence-corrected chi connectivity index (χ1v) is 7.29. The van der Waals surface area contributed by atoms with Gasteiger partial charge >= 0.3 is 5.69 Å². The number of hydrogen-bond acceptors (Lipinski definition) is 5. The van der Waals surface area contributed by atoms with Crippen molar-refractivity contribution in [2.24, 2.45) is 0 Å². The van der Waals surface area contributed by atoms with Gasteiger partial charge in [0.1, 0.15) is 11.6 Å². The minimum absolute atomic E-state index is 0.223. The van der Waals surface area contributed by atoms with E-state index in [2.05, 4.69) is 29.7 Å². The van der Waals surface area contributed by atoms with Crippen molar-refractivity contribution >= 4 is 22.8 Å². The quantitative estimate of drug-likeness (QED) is 0.736. The summed E-state index contributed by atoms with van der Waals surface area (Å²) in [5, 5.41) is 0. The van der Waals surface area contributed by atoms with Crippen molar-refractivity contribution in [2.75, 3.05) is 36.0 Å². The number of nitrogens with one attached hydrogen (secondary N) is 2. The van der Waals surface area contributed by atoms with Crippen LogP contribution >= 0.6 is 0 Å². The number of imidazole rings is 1. The molecule has 3 aromatic heterocycles. The van der Waals surface area contributed by atoms with Crippen molar-refractivity contribution in [1.29, 1.82) is 0 Å². The monoisotopic (exact) mass is 296 g/mol. The smallest absolute Gasteiger partial charge is 0.325 e. The summed E-state index contributed by atoms with van der Waals surface area (Å²) in [6.45, 7) is 3.56. The summed E-state index contributed by atoms with van der Waals surface area (Å²) in [4.78, 5) is 30.1. The van der Waals surface area contributed by atoms with Crippen LogP contribution in [0.2, 0.25) is 0 Å². The summed E-state index contributed by atoms with van der Waals surface area (Å²) < 4.78 is 0. The lowest BCUT2D eigenvalue weighted by molar-refractivity contribution is 0.642. The molecule has 1 fully saturated rings. The molecule has 0 unspecified atom stereocenters. The lowest BCUT2D eigenvalue weighted by Gasteiger charge is -2.36. The van der Waals surface area contributed by atoms with Crippen molar-refractivity contribution in [3.63, 3.8) is 0 Å². The molecule has 0 saturated carbocycles. The van der Waals surface area contributed by atoms with Gasteiger partial charge in [0.15, 0.2) is 5.65 Å². The number of aromatic amines is 2. The van der Waals surface area contributed by atoms with E-state index in [-0.39, 0.29) is 5.69 Å². The minimum Gasteiger partial charge on any atom is -0.353 e. The molecule has 0 bridgehead atoms. The maximum absolute atomic E-state index is 11.3. The average molecular weight is 296 g/mol. The number of fused-ring (bicyclic) bond motifs is 1. The van der Waals surface area contributed by atoms with Crippen LogP contribution in [0.25, 0.3) is 11.2 Å². The van der Waals surface area contributed by atoms with Crippen LogP contribution in [0.5, 0.6) is 0 Å². The zero-order valence-corrected chi connectivity index (χ0v) is 12.0. The van der Waals surface area contributed by atoms with Gasteiger partial charge in [0.05, 0.1) is 5.52 Å². The van der Waals surface area contributed by atoms with Crippen LogP contribution in [-0.4, -0.2) is 46.1 Å². The molecule has 7 nitrogen and oxygen atoms in total. The number of nitrogens with zero attached hydrogens (tertiary/aromatic N) is 4. The Bertz CT molecular complexity index is 832. The van der Waals surface area contributed by atoms with Gasteiger partial charge in [0.2, 0.25) is 0 Å². The van der Waals surface area contributed by atoms with Crippen LogP contribution in [0.15, 0.2) is 41.3 Å². The fourth-order valence-electron chi connectivity index (χ4n) is 2.79. The topological polar surface area (TPSA) is 80.9 Å². The molecule has 0 spiro atoms. The standard InChI is InChI=1S/C15H16N6O/c22-15-17-11-4-5-13(18-14(11)19-15)21-9-7-20(8-10-21)12-3-1-2-6-16-12/h1-6H,7-10H2,(H2,17,18,19,22). The third-order valence-electron chi connectivity index (χ3n) is 3.94. The second-order valence-electron chi connectivity index (χ2n) is 5.31. The Labute approximate surface area is 126 Å². The van der Waals surface area contributed by atoms with E-state index in [0.29, 0.717) is 5.65 Å². The van der Waals surface area contributed by atoms with Gasteiger partial charge in [0.25, 0.3) is 0 Å². The molecule has 0 atom stereocenters. The minimum atomic E-state index is -0.223. The van der Waals surface area contributed by atoms with Crippen LogP contribution in [0, 0.1) is 0 Å². The molecule has 7 heteroatoms. The van der Waals surface area contributed by atoms with E-state index in [1.807, 2.05) is 36.5 Å². The van der Waals surface area contributed by atoms with Crippen molar-refractivity contribution in [3.8, 4) is 0 Å². The number of anilines is 2. The maximum atomic E-state index is 11.3. The van der Waals surface area contributed by atoms with Crippen LogP contribution in [-0.2, 0) is 0 Å². The highest BCUT2D eigenvalue weighted by Crippen LogP contribution is 2.18. The van der Waals surface area contributed by atoms with Gasteiger partial charge in [-0.25, -0.2) is 14.8 Å². The van der Waals surface area contributed by atoms with Crippen LogP contribution in [0.4, 0.5) is 11.6 Å². The summed E-state index contributed by atoms with van der Waals surface area (Å²) in [6, 6.07) is 9.80. The fourth-order valence-corrected chi connectivity index (χ4v) is 2.79. The third-order valence-corrected chi connectivity index (χ3v) is 3.94. The van der Waals surface area contributed by atoms with E-state index in [9.17, 15) is 4.79 Å². The zero-order chi connectivity index (χ0) is 14.9. The summed E-state index contributed by atoms with van der Waals surface area (Å²) >= 11 is 0. The number of piperazine rings is 1. The Hall–Kier alpha value is -2.83.